The molecule has 1 aliphatic heterocycles. The van der Waals surface area contributed by atoms with Gasteiger partial charge in [-0.05, 0) is 30.9 Å². The minimum absolute atomic E-state index is 0.211. The van der Waals surface area contributed by atoms with Crippen LogP contribution in [0.3, 0.4) is 0 Å². The third kappa shape index (κ3) is 5.41. The lowest BCUT2D eigenvalue weighted by atomic mass is 9.98. The second-order valence-electron chi connectivity index (χ2n) is 6.13. The highest BCUT2D eigenvalue weighted by Crippen LogP contribution is 2.29. The molecule has 0 atom stereocenters. The summed E-state index contributed by atoms with van der Waals surface area (Å²) in [7, 11) is 1.68. The lowest BCUT2D eigenvalue weighted by Crippen LogP contribution is -2.40. The number of benzene rings is 1. The molecule has 2 aromatic rings. The van der Waals surface area contributed by atoms with Crippen molar-refractivity contribution in [1.82, 2.24) is 9.88 Å². The van der Waals surface area contributed by atoms with E-state index in [0.29, 0.717) is 24.9 Å². The van der Waals surface area contributed by atoms with Gasteiger partial charge in [0.15, 0.2) is 4.34 Å². The molecule has 1 aromatic carbocycles. The van der Waals surface area contributed by atoms with Gasteiger partial charge in [0.1, 0.15) is 0 Å². The van der Waals surface area contributed by atoms with Crippen LogP contribution in [0.1, 0.15) is 12.8 Å². The Labute approximate surface area is 156 Å². The smallest absolute Gasteiger partial charge is 0.233 e. The van der Waals surface area contributed by atoms with E-state index >= 15 is 0 Å². The van der Waals surface area contributed by atoms with Crippen LogP contribution in [-0.2, 0) is 14.3 Å². The summed E-state index contributed by atoms with van der Waals surface area (Å²) in [6.07, 6.45) is 2.04. The van der Waals surface area contributed by atoms with Crippen LogP contribution in [0.15, 0.2) is 28.6 Å². The van der Waals surface area contributed by atoms with Gasteiger partial charge in [-0.2, -0.15) is 0 Å². The van der Waals surface area contributed by atoms with Crippen molar-refractivity contribution in [2.24, 2.45) is 5.92 Å². The first-order chi connectivity index (χ1) is 12.3. The van der Waals surface area contributed by atoms with E-state index in [2.05, 4.69) is 11.1 Å². The average Bonchev–Trinajstić information content (AvgIpc) is 3.07. The van der Waals surface area contributed by atoms with Crippen molar-refractivity contribution in [2.45, 2.75) is 17.2 Å². The Bertz CT molecular complexity index is 651. The number of nitrogens with zero attached hydrogens (tertiary/aromatic N) is 2. The topological polar surface area (TPSA) is 51.7 Å². The Hall–Kier alpha value is -1.15. The van der Waals surface area contributed by atoms with Crippen LogP contribution in [-0.4, -0.2) is 61.6 Å². The number of fused-ring (bicyclic) bond motifs is 1. The van der Waals surface area contributed by atoms with E-state index in [0.717, 1.165) is 42.4 Å². The monoisotopic (exact) mass is 380 g/mol. The molecule has 136 valence electrons. The third-order valence-electron chi connectivity index (χ3n) is 4.35. The molecule has 3 rings (SSSR count). The van der Waals surface area contributed by atoms with Crippen LogP contribution in [0.2, 0.25) is 0 Å². The first kappa shape index (κ1) is 18.6. The first-order valence-corrected chi connectivity index (χ1v) is 10.4. The Morgan fingerprint density at radius 2 is 2.12 bits per heavy atom. The second-order valence-corrected chi connectivity index (χ2v) is 8.38. The number of hydrogen-bond acceptors (Lipinski definition) is 6. The number of methoxy groups -OCH3 is 1. The van der Waals surface area contributed by atoms with Crippen molar-refractivity contribution in [1.29, 1.82) is 0 Å². The van der Waals surface area contributed by atoms with Crippen molar-refractivity contribution in [3.63, 3.8) is 0 Å². The summed E-state index contributed by atoms with van der Waals surface area (Å²) in [5, 5.41) is 0. The van der Waals surface area contributed by atoms with Gasteiger partial charge in [0.2, 0.25) is 5.91 Å². The quantitative estimate of drug-likeness (QED) is 0.520. The van der Waals surface area contributed by atoms with E-state index in [1.54, 1.807) is 30.2 Å². The largest absolute Gasteiger partial charge is 0.382 e. The SMILES string of the molecule is COCCOCC1CCN(C(=O)CSc2nc3ccccc3s2)CC1. The molecule has 1 amide bonds. The van der Waals surface area contributed by atoms with Crippen LogP contribution < -0.4 is 0 Å². The molecule has 0 aliphatic carbocycles. The molecule has 2 heterocycles. The Morgan fingerprint density at radius 3 is 2.88 bits per heavy atom. The van der Waals surface area contributed by atoms with E-state index in [9.17, 15) is 4.79 Å². The number of amides is 1. The number of likely N-dealkylation sites (tertiary alicyclic amines) is 1. The molecule has 1 aromatic heterocycles. The van der Waals surface area contributed by atoms with Crippen molar-refractivity contribution < 1.29 is 14.3 Å². The van der Waals surface area contributed by atoms with E-state index in [1.807, 2.05) is 23.1 Å². The number of carbonyl (C=O) groups excluding carboxylic acids is 1. The maximum atomic E-state index is 12.4. The molecule has 0 spiro atoms. The fourth-order valence-electron chi connectivity index (χ4n) is 2.87. The number of thioether (sulfide) groups is 1. The summed E-state index contributed by atoms with van der Waals surface area (Å²) in [4.78, 5) is 19.0. The summed E-state index contributed by atoms with van der Waals surface area (Å²) in [6.45, 7) is 3.72. The zero-order valence-electron chi connectivity index (χ0n) is 14.5. The van der Waals surface area contributed by atoms with Gasteiger partial charge in [-0.15, -0.1) is 11.3 Å². The van der Waals surface area contributed by atoms with Gasteiger partial charge in [-0.1, -0.05) is 23.9 Å². The van der Waals surface area contributed by atoms with Crippen molar-refractivity contribution in [3.05, 3.63) is 24.3 Å². The second kappa shape index (κ2) is 9.52. The summed E-state index contributed by atoms with van der Waals surface area (Å²) >= 11 is 3.20. The number of rotatable bonds is 8. The van der Waals surface area contributed by atoms with Crippen LogP contribution in [0.4, 0.5) is 0 Å². The van der Waals surface area contributed by atoms with Crippen LogP contribution in [0, 0.1) is 5.92 Å². The maximum Gasteiger partial charge on any atom is 0.233 e. The zero-order valence-corrected chi connectivity index (χ0v) is 16.1. The van der Waals surface area contributed by atoms with Gasteiger partial charge in [0, 0.05) is 26.8 Å². The standard InChI is InChI=1S/C18H24N2O3S2/c1-22-10-11-23-12-14-6-8-20(9-7-14)17(21)13-24-18-19-15-4-2-3-5-16(15)25-18/h2-5,14H,6-13H2,1H3. The molecule has 25 heavy (non-hydrogen) atoms. The highest BCUT2D eigenvalue weighted by molar-refractivity contribution is 8.01. The molecule has 1 saturated heterocycles. The molecular weight excluding hydrogens is 356 g/mol. The summed E-state index contributed by atoms with van der Waals surface area (Å²) in [6, 6.07) is 8.09. The molecule has 0 N–H and O–H groups in total. The maximum absolute atomic E-state index is 12.4. The number of carbonyl (C=O) groups is 1. The van der Waals surface area contributed by atoms with Gasteiger partial charge < -0.3 is 14.4 Å². The van der Waals surface area contributed by atoms with Gasteiger partial charge in [-0.25, -0.2) is 4.98 Å². The summed E-state index contributed by atoms with van der Waals surface area (Å²) in [5.41, 5.74) is 1.01. The van der Waals surface area contributed by atoms with E-state index in [4.69, 9.17) is 9.47 Å². The number of hydrogen-bond donors (Lipinski definition) is 0. The van der Waals surface area contributed by atoms with Gasteiger partial charge in [0.25, 0.3) is 0 Å². The van der Waals surface area contributed by atoms with Gasteiger partial charge in [0.05, 0.1) is 29.2 Å². The highest BCUT2D eigenvalue weighted by atomic mass is 32.2. The summed E-state index contributed by atoms with van der Waals surface area (Å²) < 4.78 is 12.7. The van der Waals surface area contributed by atoms with E-state index in [1.165, 1.54) is 4.70 Å². The van der Waals surface area contributed by atoms with Crippen LogP contribution in [0.5, 0.6) is 0 Å². The number of para-hydroxylation sites is 1. The molecule has 1 fully saturated rings. The molecular formula is C18H24N2O3S2. The molecule has 0 unspecified atom stereocenters. The van der Waals surface area contributed by atoms with Crippen molar-refractivity contribution in [2.75, 3.05) is 45.8 Å². The number of piperidine rings is 1. The fraction of sp³-hybridized carbons (Fsp3) is 0.556. The average molecular weight is 381 g/mol. The van der Waals surface area contributed by atoms with Gasteiger partial charge in [-0.3, -0.25) is 4.79 Å². The molecule has 0 bridgehead atoms. The normalized spacial score (nSPS) is 15.8. The lowest BCUT2D eigenvalue weighted by molar-refractivity contribution is -0.130. The Balaban J connectivity index is 1.39. The van der Waals surface area contributed by atoms with Crippen LogP contribution in [0.25, 0.3) is 10.2 Å². The third-order valence-corrected chi connectivity index (χ3v) is 6.51. The molecule has 0 radical (unpaired) electrons. The van der Waals surface area contributed by atoms with Gasteiger partial charge >= 0.3 is 0 Å². The molecule has 7 heteroatoms. The van der Waals surface area contributed by atoms with Crippen molar-refractivity contribution in [3.8, 4) is 0 Å². The summed E-state index contributed by atoms with van der Waals surface area (Å²) in [5.74, 6) is 1.23. The minimum atomic E-state index is 0.211. The molecule has 5 nitrogen and oxygen atoms in total. The zero-order chi connectivity index (χ0) is 17.5. The van der Waals surface area contributed by atoms with E-state index < -0.39 is 0 Å². The predicted molar refractivity (Wildman–Crippen MR) is 102 cm³/mol. The van der Waals surface area contributed by atoms with E-state index in [-0.39, 0.29) is 5.91 Å². The van der Waals surface area contributed by atoms with Crippen LogP contribution >= 0.6 is 23.1 Å². The Kier molecular flexibility index (Phi) is 7.10. The lowest BCUT2D eigenvalue weighted by Gasteiger charge is -2.31. The first-order valence-electron chi connectivity index (χ1n) is 8.59. The molecule has 1 aliphatic rings. The number of aromatic nitrogens is 1. The highest BCUT2D eigenvalue weighted by Gasteiger charge is 2.23. The molecule has 0 saturated carbocycles. The predicted octanol–water partition coefficient (Wildman–Crippen LogP) is 3.29. The van der Waals surface area contributed by atoms with Crippen molar-refractivity contribution >= 4 is 39.2 Å². The number of thiazole rings is 1. The Morgan fingerprint density at radius 1 is 1.32 bits per heavy atom. The fourth-order valence-corrected chi connectivity index (χ4v) is 4.84. The minimum Gasteiger partial charge on any atom is -0.382 e. The number of ether oxygens (including phenoxy) is 2.